The molecule has 0 spiro atoms. The molecule has 0 saturated carbocycles. The van der Waals surface area contributed by atoms with Crippen molar-refractivity contribution < 1.29 is 4.52 Å². The minimum atomic E-state index is 0.634. The summed E-state index contributed by atoms with van der Waals surface area (Å²) in [6, 6.07) is 1.99. The van der Waals surface area contributed by atoms with Crippen molar-refractivity contribution in [2.75, 3.05) is 6.54 Å². The largest absolute Gasteiger partial charge is 0.356 e. The third-order valence-corrected chi connectivity index (χ3v) is 3.17. The number of rotatable bonds is 5. The Morgan fingerprint density at radius 2 is 2.11 bits per heavy atom. The third kappa shape index (κ3) is 3.04. The average Bonchev–Trinajstić information content (AvgIpc) is 2.85. The first-order valence-electron chi connectivity index (χ1n) is 6.66. The summed E-state index contributed by atoms with van der Waals surface area (Å²) in [4.78, 5) is 0. The molecular weight excluding hydrogens is 240 g/mol. The van der Waals surface area contributed by atoms with Gasteiger partial charge in [-0.2, -0.15) is 5.10 Å². The van der Waals surface area contributed by atoms with Crippen molar-refractivity contribution in [2.24, 2.45) is 13.0 Å². The van der Waals surface area contributed by atoms with Crippen molar-refractivity contribution in [1.29, 1.82) is 0 Å². The molecule has 0 saturated heterocycles. The Balaban J connectivity index is 2.12. The SMILES string of the molecule is Cc1nn(C)c(C)c1-c1cc(CNCC(C)C)no1. The van der Waals surface area contributed by atoms with E-state index in [4.69, 9.17) is 4.52 Å². The van der Waals surface area contributed by atoms with E-state index in [1.807, 2.05) is 31.6 Å². The molecule has 0 aliphatic rings. The van der Waals surface area contributed by atoms with Gasteiger partial charge in [0.05, 0.1) is 17.0 Å². The van der Waals surface area contributed by atoms with Crippen LogP contribution < -0.4 is 5.32 Å². The summed E-state index contributed by atoms with van der Waals surface area (Å²) in [6.45, 7) is 10.1. The molecule has 0 aliphatic heterocycles. The molecule has 19 heavy (non-hydrogen) atoms. The highest BCUT2D eigenvalue weighted by Gasteiger charge is 2.16. The zero-order valence-electron chi connectivity index (χ0n) is 12.3. The second kappa shape index (κ2) is 5.57. The van der Waals surface area contributed by atoms with E-state index in [2.05, 4.69) is 29.4 Å². The van der Waals surface area contributed by atoms with E-state index in [-0.39, 0.29) is 0 Å². The molecule has 0 fully saturated rings. The summed E-state index contributed by atoms with van der Waals surface area (Å²) in [7, 11) is 1.94. The van der Waals surface area contributed by atoms with Gasteiger partial charge in [0.25, 0.3) is 0 Å². The molecule has 0 radical (unpaired) electrons. The molecule has 2 aromatic rings. The van der Waals surface area contributed by atoms with Gasteiger partial charge in [-0.1, -0.05) is 19.0 Å². The van der Waals surface area contributed by atoms with Crippen molar-refractivity contribution in [3.05, 3.63) is 23.1 Å². The molecule has 1 N–H and O–H groups in total. The van der Waals surface area contributed by atoms with E-state index in [0.717, 1.165) is 41.5 Å². The molecule has 104 valence electrons. The van der Waals surface area contributed by atoms with Gasteiger partial charge in [0.15, 0.2) is 5.76 Å². The van der Waals surface area contributed by atoms with Crippen LogP contribution in [0.1, 0.15) is 30.9 Å². The lowest BCUT2D eigenvalue weighted by Crippen LogP contribution is -2.18. The van der Waals surface area contributed by atoms with Crippen LogP contribution >= 0.6 is 0 Å². The zero-order valence-corrected chi connectivity index (χ0v) is 12.3. The van der Waals surface area contributed by atoms with Crippen LogP contribution in [-0.2, 0) is 13.6 Å². The van der Waals surface area contributed by atoms with E-state index in [0.29, 0.717) is 5.92 Å². The molecule has 2 rings (SSSR count). The van der Waals surface area contributed by atoms with Crippen molar-refractivity contribution in [3.63, 3.8) is 0 Å². The van der Waals surface area contributed by atoms with Crippen molar-refractivity contribution in [3.8, 4) is 11.3 Å². The third-order valence-electron chi connectivity index (χ3n) is 3.17. The maximum Gasteiger partial charge on any atom is 0.170 e. The van der Waals surface area contributed by atoms with Gasteiger partial charge in [-0.25, -0.2) is 0 Å². The first-order chi connectivity index (χ1) is 8.99. The lowest BCUT2D eigenvalue weighted by molar-refractivity contribution is 0.417. The fourth-order valence-electron chi connectivity index (χ4n) is 2.13. The number of nitrogens with zero attached hydrogens (tertiary/aromatic N) is 3. The van der Waals surface area contributed by atoms with Crippen LogP contribution in [0.3, 0.4) is 0 Å². The van der Waals surface area contributed by atoms with Crippen LogP contribution in [0.25, 0.3) is 11.3 Å². The highest BCUT2D eigenvalue weighted by Crippen LogP contribution is 2.26. The maximum absolute atomic E-state index is 5.44. The minimum Gasteiger partial charge on any atom is -0.356 e. The van der Waals surface area contributed by atoms with E-state index in [1.165, 1.54) is 0 Å². The van der Waals surface area contributed by atoms with Gasteiger partial charge in [-0.3, -0.25) is 4.68 Å². The quantitative estimate of drug-likeness (QED) is 0.899. The standard InChI is InChI=1S/C14H22N4O/c1-9(2)7-15-8-12-6-13(19-17-12)14-10(3)16-18(5)11(14)4/h6,9,15H,7-8H2,1-5H3. The molecule has 0 bridgehead atoms. The Hall–Kier alpha value is -1.62. The van der Waals surface area contributed by atoms with Gasteiger partial charge in [0, 0.05) is 25.4 Å². The van der Waals surface area contributed by atoms with Crippen molar-refractivity contribution in [2.45, 2.75) is 34.2 Å². The maximum atomic E-state index is 5.44. The number of aromatic nitrogens is 3. The van der Waals surface area contributed by atoms with Gasteiger partial charge in [0.1, 0.15) is 0 Å². The second-order valence-electron chi connectivity index (χ2n) is 5.38. The van der Waals surface area contributed by atoms with Crippen molar-refractivity contribution >= 4 is 0 Å². The topological polar surface area (TPSA) is 55.9 Å². The van der Waals surface area contributed by atoms with E-state index in [1.54, 1.807) is 0 Å². The Morgan fingerprint density at radius 1 is 1.37 bits per heavy atom. The lowest BCUT2D eigenvalue weighted by atomic mass is 10.1. The molecule has 5 nitrogen and oxygen atoms in total. The number of hydrogen-bond acceptors (Lipinski definition) is 4. The minimum absolute atomic E-state index is 0.634. The van der Waals surface area contributed by atoms with Crippen LogP contribution in [0, 0.1) is 19.8 Å². The van der Waals surface area contributed by atoms with Crippen molar-refractivity contribution in [1.82, 2.24) is 20.3 Å². The van der Waals surface area contributed by atoms with E-state index >= 15 is 0 Å². The molecule has 2 aromatic heterocycles. The highest BCUT2D eigenvalue weighted by molar-refractivity contribution is 5.63. The number of hydrogen-bond donors (Lipinski definition) is 1. The van der Waals surface area contributed by atoms with Crippen LogP contribution in [0.5, 0.6) is 0 Å². The van der Waals surface area contributed by atoms with Gasteiger partial charge in [0.2, 0.25) is 0 Å². The summed E-state index contributed by atoms with van der Waals surface area (Å²) in [6.07, 6.45) is 0. The Morgan fingerprint density at radius 3 is 2.68 bits per heavy atom. The summed E-state index contributed by atoms with van der Waals surface area (Å²) in [5, 5.41) is 11.9. The first-order valence-corrected chi connectivity index (χ1v) is 6.66. The Labute approximate surface area is 114 Å². The molecular formula is C14H22N4O. The smallest absolute Gasteiger partial charge is 0.170 e. The summed E-state index contributed by atoms with van der Waals surface area (Å²) in [5.41, 5.74) is 4.04. The normalized spacial score (nSPS) is 11.5. The molecule has 0 aliphatic carbocycles. The summed E-state index contributed by atoms with van der Waals surface area (Å²) < 4.78 is 7.30. The van der Waals surface area contributed by atoms with Gasteiger partial charge < -0.3 is 9.84 Å². The van der Waals surface area contributed by atoms with Crippen LogP contribution in [0.2, 0.25) is 0 Å². The Bertz CT molecular complexity index is 554. The fourth-order valence-corrected chi connectivity index (χ4v) is 2.13. The summed E-state index contributed by atoms with van der Waals surface area (Å²) >= 11 is 0. The zero-order chi connectivity index (χ0) is 14.0. The van der Waals surface area contributed by atoms with Gasteiger partial charge in [-0.05, 0) is 26.3 Å². The predicted molar refractivity (Wildman–Crippen MR) is 74.7 cm³/mol. The lowest BCUT2D eigenvalue weighted by Gasteiger charge is -2.04. The fraction of sp³-hybridized carbons (Fsp3) is 0.571. The van der Waals surface area contributed by atoms with Gasteiger partial charge >= 0.3 is 0 Å². The monoisotopic (exact) mass is 262 g/mol. The summed E-state index contributed by atoms with van der Waals surface area (Å²) in [5.74, 6) is 1.43. The number of aryl methyl sites for hydroxylation is 2. The van der Waals surface area contributed by atoms with E-state index in [9.17, 15) is 0 Å². The van der Waals surface area contributed by atoms with Crippen LogP contribution in [0.15, 0.2) is 10.6 Å². The molecule has 5 heteroatoms. The second-order valence-corrected chi connectivity index (χ2v) is 5.38. The average molecular weight is 262 g/mol. The molecule has 0 atom stereocenters. The molecule has 0 aromatic carbocycles. The van der Waals surface area contributed by atoms with Crippen LogP contribution in [-0.4, -0.2) is 21.5 Å². The van der Waals surface area contributed by atoms with Gasteiger partial charge in [-0.15, -0.1) is 0 Å². The molecule has 0 unspecified atom stereocenters. The van der Waals surface area contributed by atoms with Crippen LogP contribution in [0.4, 0.5) is 0 Å². The first kappa shape index (κ1) is 13.8. The molecule has 0 amide bonds. The predicted octanol–water partition coefficient (Wildman–Crippen LogP) is 2.44. The molecule has 2 heterocycles. The number of nitrogens with one attached hydrogen (secondary N) is 1. The van der Waals surface area contributed by atoms with E-state index < -0.39 is 0 Å². The highest BCUT2D eigenvalue weighted by atomic mass is 16.5. The Kier molecular flexibility index (Phi) is 4.04.